The van der Waals surface area contributed by atoms with Gasteiger partial charge in [0.1, 0.15) is 6.10 Å². The van der Waals surface area contributed by atoms with E-state index < -0.39 is 5.60 Å². The summed E-state index contributed by atoms with van der Waals surface area (Å²) in [5, 5.41) is 10.8. The van der Waals surface area contributed by atoms with Crippen LogP contribution in [0, 0.1) is 23.2 Å². The third kappa shape index (κ3) is 4.97. The fourth-order valence-corrected chi connectivity index (χ4v) is 4.87. The van der Waals surface area contributed by atoms with E-state index in [4.69, 9.17) is 4.74 Å². The van der Waals surface area contributed by atoms with Gasteiger partial charge in [0, 0.05) is 19.3 Å². The molecule has 0 aliphatic heterocycles. The standard InChI is InChI=1S/C22H36O3/c1-15-8-7-9-16(2)14-19(25-17(3)23)20-18(21(4,5)24)11-13-22(20,6)12-10-15/h9-10,12,15,18-20,24H,7-8,11,13-14H2,1-6H3/b12-10+,16-9+. The van der Waals surface area contributed by atoms with Crippen molar-refractivity contribution in [3.63, 3.8) is 0 Å². The SMILES string of the molecule is CC(=O)OC1C/C(C)=C/CCC(C)/C=C/C2(C)CCC(C(C)(C)O)C12. The Labute approximate surface area is 153 Å². The van der Waals surface area contributed by atoms with Crippen molar-refractivity contribution in [2.24, 2.45) is 23.2 Å². The number of ether oxygens (including phenoxy) is 1. The molecule has 142 valence electrons. The van der Waals surface area contributed by atoms with E-state index in [1.807, 2.05) is 13.8 Å². The van der Waals surface area contributed by atoms with Crippen molar-refractivity contribution in [1.82, 2.24) is 0 Å². The van der Waals surface area contributed by atoms with Crippen LogP contribution in [0.2, 0.25) is 0 Å². The van der Waals surface area contributed by atoms with Gasteiger partial charge in [-0.3, -0.25) is 4.79 Å². The molecule has 2 aliphatic carbocycles. The van der Waals surface area contributed by atoms with Crippen molar-refractivity contribution in [2.75, 3.05) is 0 Å². The zero-order chi connectivity index (χ0) is 18.8. The normalized spacial score (nSPS) is 40.4. The van der Waals surface area contributed by atoms with Gasteiger partial charge in [0.25, 0.3) is 0 Å². The lowest BCUT2D eigenvalue weighted by atomic mass is 9.68. The Morgan fingerprint density at radius 3 is 2.64 bits per heavy atom. The van der Waals surface area contributed by atoms with E-state index in [9.17, 15) is 9.90 Å². The van der Waals surface area contributed by atoms with Gasteiger partial charge in [0.05, 0.1) is 5.60 Å². The summed E-state index contributed by atoms with van der Waals surface area (Å²) in [7, 11) is 0. The number of esters is 1. The molecule has 0 spiro atoms. The second-order valence-electron chi connectivity index (χ2n) is 9.15. The summed E-state index contributed by atoms with van der Waals surface area (Å²) in [6.45, 7) is 12.0. The first-order valence-electron chi connectivity index (χ1n) is 9.77. The molecule has 0 aromatic heterocycles. The summed E-state index contributed by atoms with van der Waals surface area (Å²) in [5.41, 5.74) is 0.450. The number of allylic oxidation sites excluding steroid dienone is 3. The second kappa shape index (κ2) is 7.65. The Balaban J connectivity index is 2.49. The quantitative estimate of drug-likeness (QED) is 0.561. The van der Waals surface area contributed by atoms with Gasteiger partial charge in [-0.15, -0.1) is 0 Å². The van der Waals surface area contributed by atoms with Gasteiger partial charge in [-0.1, -0.05) is 37.6 Å². The Bertz CT molecular complexity index is 540. The maximum Gasteiger partial charge on any atom is 0.302 e. The minimum atomic E-state index is -0.780. The molecule has 0 bridgehead atoms. The molecule has 1 fully saturated rings. The lowest BCUT2D eigenvalue weighted by molar-refractivity contribution is -0.154. The van der Waals surface area contributed by atoms with E-state index in [0.29, 0.717) is 5.92 Å². The van der Waals surface area contributed by atoms with Crippen molar-refractivity contribution < 1.29 is 14.6 Å². The third-order valence-corrected chi connectivity index (χ3v) is 6.26. The molecular formula is C22H36O3. The summed E-state index contributed by atoms with van der Waals surface area (Å²) in [6, 6.07) is 0. The van der Waals surface area contributed by atoms with Crippen LogP contribution in [0.5, 0.6) is 0 Å². The van der Waals surface area contributed by atoms with Crippen LogP contribution < -0.4 is 0 Å². The molecule has 3 heteroatoms. The van der Waals surface area contributed by atoms with Crippen molar-refractivity contribution in [2.45, 2.75) is 85.4 Å². The number of carbonyl (C=O) groups is 1. The molecule has 2 aliphatic rings. The van der Waals surface area contributed by atoms with Crippen LogP contribution >= 0.6 is 0 Å². The predicted molar refractivity (Wildman–Crippen MR) is 102 cm³/mol. The Morgan fingerprint density at radius 2 is 2.04 bits per heavy atom. The highest BCUT2D eigenvalue weighted by atomic mass is 16.5. The van der Waals surface area contributed by atoms with Gasteiger partial charge in [-0.25, -0.2) is 0 Å². The molecule has 1 saturated carbocycles. The number of hydrogen-bond donors (Lipinski definition) is 1. The van der Waals surface area contributed by atoms with E-state index in [2.05, 4.69) is 39.0 Å². The zero-order valence-electron chi connectivity index (χ0n) is 16.8. The van der Waals surface area contributed by atoms with Gasteiger partial charge in [0.15, 0.2) is 0 Å². The first-order chi connectivity index (χ1) is 11.5. The first kappa shape index (κ1) is 20.2. The number of carbonyl (C=O) groups excluding carboxylic acids is 1. The van der Waals surface area contributed by atoms with Crippen LogP contribution in [-0.4, -0.2) is 22.8 Å². The molecule has 1 N–H and O–H groups in total. The van der Waals surface area contributed by atoms with Crippen LogP contribution in [0.3, 0.4) is 0 Å². The van der Waals surface area contributed by atoms with Crippen LogP contribution in [0.15, 0.2) is 23.8 Å². The molecule has 3 nitrogen and oxygen atoms in total. The van der Waals surface area contributed by atoms with Gasteiger partial charge in [0.2, 0.25) is 0 Å². The van der Waals surface area contributed by atoms with E-state index in [1.165, 1.54) is 12.5 Å². The van der Waals surface area contributed by atoms with Crippen LogP contribution in [-0.2, 0) is 9.53 Å². The molecule has 0 saturated heterocycles. The van der Waals surface area contributed by atoms with Crippen molar-refractivity contribution in [3.05, 3.63) is 23.8 Å². The zero-order valence-corrected chi connectivity index (χ0v) is 16.8. The van der Waals surface area contributed by atoms with Gasteiger partial charge < -0.3 is 9.84 Å². The van der Waals surface area contributed by atoms with E-state index >= 15 is 0 Å². The number of aliphatic hydroxyl groups is 1. The average molecular weight is 349 g/mol. The highest BCUT2D eigenvalue weighted by Crippen LogP contribution is 2.54. The smallest absolute Gasteiger partial charge is 0.302 e. The molecule has 0 amide bonds. The summed E-state index contributed by atoms with van der Waals surface area (Å²) in [4.78, 5) is 11.8. The van der Waals surface area contributed by atoms with Gasteiger partial charge in [-0.05, 0) is 63.7 Å². The van der Waals surface area contributed by atoms with E-state index in [0.717, 1.165) is 32.1 Å². The van der Waals surface area contributed by atoms with E-state index in [1.54, 1.807) is 0 Å². The van der Waals surface area contributed by atoms with Crippen molar-refractivity contribution >= 4 is 5.97 Å². The number of rotatable bonds is 2. The highest BCUT2D eigenvalue weighted by Gasteiger charge is 2.53. The van der Waals surface area contributed by atoms with Crippen LogP contribution in [0.25, 0.3) is 0 Å². The fraction of sp³-hybridized carbons (Fsp3) is 0.773. The molecule has 2 rings (SSSR count). The maximum atomic E-state index is 11.8. The summed E-state index contributed by atoms with van der Waals surface area (Å²) in [6.07, 6.45) is 11.7. The van der Waals surface area contributed by atoms with Gasteiger partial charge >= 0.3 is 5.97 Å². The molecule has 0 heterocycles. The first-order valence-corrected chi connectivity index (χ1v) is 9.77. The fourth-order valence-electron chi connectivity index (χ4n) is 4.87. The number of fused-ring (bicyclic) bond motifs is 1. The molecule has 5 unspecified atom stereocenters. The van der Waals surface area contributed by atoms with Crippen molar-refractivity contribution in [1.29, 1.82) is 0 Å². The number of hydrogen-bond acceptors (Lipinski definition) is 3. The predicted octanol–water partition coefficient (Wildman–Crippen LogP) is 5.04. The Morgan fingerprint density at radius 1 is 1.36 bits per heavy atom. The third-order valence-electron chi connectivity index (χ3n) is 6.26. The lowest BCUT2D eigenvalue weighted by Crippen LogP contribution is -2.44. The Hall–Kier alpha value is -1.09. The topological polar surface area (TPSA) is 46.5 Å². The summed E-state index contributed by atoms with van der Waals surface area (Å²) in [5.74, 6) is 0.554. The Kier molecular flexibility index (Phi) is 6.19. The minimum absolute atomic E-state index is 0.0519. The monoisotopic (exact) mass is 348 g/mol. The molecule has 0 aromatic rings. The second-order valence-corrected chi connectivity index (χ2v) is 9.15. The molecule has 0 radical (unpaired) electrons. The molecule has 25 heavy (non-hydrogen) atoms. The minimum Gasteiger partial charge on any atom is -0.462 e. The summed E-state index contributed by atoms with van der Waals surface area (Å²) >= 11 is 0. The molecule has 5 atom stereocenters. The summed E-state index contributed by atoms with van der Waals surface area (Å²) < 4.78 is 5.84. The maximum absolute atomic E-state index is 11.8. The van der Waals surface area contributed by atoms with Crippen LogP contribution in [0.4, 0.5) is 0 Å². The van der Waals surface area contributed by atoms with Crippen LogP contribution in [0.1, 0.15) is 73.6 Å². The van der Waals surface area contributed by atoms with Gasteiger partial charge in [-0.2, -0.15) is 0 Å². The molecular weight excluding hydrogens is 312 g/mol. The molecule has 0 aromatic carbocycles. The lowest BCUT2D eigenvalue weighted by Gasteiger charge is -2.41. The van der Waals surface area contributed by atoms with Crippen molar-refractivity contribution in [3.8, 4) is 0 Å². The largest absolute Gasteiger partial charge is 0.462 e. The highest BCUT2D eigenvalue weighted by molar-refractivity contribution is 5.66. The van der Waals surface area contributed by atoms with E-state index in [-0.39, 0.29) is 29.3 Å². The average Bonchev–Trinajstić information content (AvgIpc) is 2.81.